The Balaban J connectivity index is 1.69. The molecule has 2 aromatic heterocycles. The molecule has 0 aliphatic carbocycles. The summed E-state index contributed by atoms with van der Waals surface area (Å²) in [4.78, 5) is 18.4. The number of anilines is 1. The Kier molecular flexibility index (Phi) is 4.68. The summed E-state index contributed by atoms with van der Waals surface area (Å²) in [6, 6.07) is 14.8. The molecule has 1 N–H and O–H groups in total. The summed E-state index contributed by atoms with van der Waals surface area (Å²) in [5.41, 5.74) is 1.56. The van der Waals surface area contributed by atoms with Gasteiger partial charge < -0.3 is 9.32 Å². The molecule has 4 aromatic rings. The highest BCUT2D eigenvalue weighted by molar-refractivity contribution is 7.90. The molecule has 2 aromatic carbocycles. The standard InChI is InChI=1S/C20H16ClN3O4S/c1-24(2)14-8-6-13-10-16(28-15(13)11-14)20(25)23-29(26,27)17-5-3-4-12-7-9-18(21)22-19(12)17/h3-11H,1-2H3,(H,23,25). The lowest BCUT2D eigenvalue weighted by Crippen LogP contribution is -2.30. The highest BCUT2D eigenvalue weighted by Crippen LogP contribution is 2.26. The molecule has 0 bridgehead atoms. The number of furan rings is 1. The van der Waals surface area contributed by atoms with E-state index in [-0.39, 0.29) is 21.3 Å². The number of benzene rings is 2. The van der Waals surface area contributed by atoms with Gasteiger partial charge in [0.25, 0.3) is 10.0 Å². The summed E-state index contributed by atoms with van der Waals surface area (Å²) in [7, 11) is -0.432. The van der Waals surface area contributed by atoms with E-state index in [1.54, 1.807) is 36.4 Å². The van der Waals surface area contributed by atoms with Gasteiger partial charge in [-0.1, -0.05) is 23.7 Å². The summed E-state index contributed by atoms with van der Waals surface area (Å²) in [5, 5.41) is 1.43. The van der Waals surface area contributed by atoms with Crippen LogP contribution in [0.4, 0.5) is 5.69 Å². The van der Waals surface area contributed by atoms with Gasteiger partial charge in [0.05, 0.1) is 5.52 Å². The van der Waals surface area contributed by atoms with Crippen molar-refractivity contribution in [3.63, 3.8) is 0 Å². The number of hydrogen-bond donors (Lipinski definition) is 1. The van der Waals surface area contributed by atoms with Gasteiger partial charge in [0, 0.05) is 36.6 Å². The highest BCUT2D eigenvalue weighted by atomic mass is 35.5. The molecule has 9 heteroatoms. The number of fused-ring (bicyclic) bond motifs is 2. The number of aromatic nitrogens is 1. The third kappa shape index (κ3) is 3.64. The molecule has 0 unspecified atom stereocenters. The SMILES string of the molecule is CN(C)c1ccc2cc(C(=O)NS(=O)(=O)c3cccc4ccc(Cl)nc34)oc2c1. The number of para-hydroxylation sites is 1. The second kappa shape index (κ2) is 7.06. The zero-order chi connectivity index (χ0) is 20.8. The van der Waals surface area contributed by atoms with Crippen molar-refractivity contribution in [1.82, 2.24) is 9.71 Å². The van der Waals surface area contributed by atoms with E-state index in [0.717, 1.165) is 5.69 Å². The Morgan fingerprint density at radius 3 is 2.59 bits per heavy atom. The number of nitrogens with one attached hydrogen (secondary N) is 1. The molecule has 148 valence electrons. The zero-order valence-electron chi connectivity index (χ0n) is 15.5. The van der Waals surface area contributed by atoms with E-state index < -0.39 is 15.9 Å². The molecule has 0 saturated carbocycles. The molecule has 29 heavy (non-hydrogen) atoms. The molecule has 0 spiro atoms. The van der Waals surface area contributed by atoms with Crippen molar-refractivity contribution in [2.45, 2.75) is 4.90 Å². The molecule has 1 amide bonds. The summed E-state index contributed by atoms with van der Waals surface area (Å²) in [5.74, 6) is -0.975. The minimum atomic E-state index is -4.20. The van der Waals surface area contributed by atoms with Gasteiger partial charge in [-0.25, -0.2) is 18.1 Å². The van der Waals surface area contributed by atoms with E-state index in [2.05, 4.69) is 4.98 Å². The van der Waals surface area contributed by atoms with E-state index >= 15 is 0 Å². The monoisotopic (exact) mass is 429 g/mol. The Morgan fingerprint density at radius 1 is 1.07 bits per heavy atom. The van der Waals surface area contributed by atoms with Crippen molar-refractivity contribution < 1.29 is 17.6 Å². The lowest BCUT2D eigenvalue weighted by Gasteiger charge is -2.11. The first kappa shape index (κ1) is 19.2. The molecule has 0 aliphatic rings. The van der Waals surface area contributed by atoms with Crippen LogP contribution < -0.4 is 9.62 Å². The molecule has 0 radical (unpaired) electrons. The normalized spacial score (nSPS) is 11.7. The van der Waals surface area contributed by atoms with Gasteiger partial charge in [0.1, 0.15) is 15.6 Å². The predicted octanol–water partition coefficient (Wildman–Crippen LogP) is 3.82. The minimum absolute atomic E-state index is 0.106. The summed E-state index contributed by atoms with van der Waals surface area (Å²) in [6.45, 7) is 0. The number of nitrogens with zero attached hydrogens (tertiary/aromatic N) is 2. The van der Waals surface area contributed by atoms with Crippen LogP contribution in [0, 0.1) is 0 Å². The maximum Gasteiger partial charge on any atom is 0.300 e. The zero-order valence-corrected chi connectivity index (χ0v) is 17.1. The smallest absolute Gasteiger partial charge is 0.300 e. The van der Waals surface area contributed by atoms with E-state index in [4.69, 9.17) is 16.0 Å². The topological polar surface area (TPSA) is 92.5 Å². The van der Waals surface area contributed by atoms with Crippen molar-refractivity contribution in [3.05, 3.63) is 65.5 Å². The van der Waals surface area contributed by atoms with E-state index in [0.29, 0.717) is 16.4 Å². The number of halogens is 1. The summed E-state index contributed by atoms with van der Waals surface area (Å²) >= 11 is 5.91. The number of sulfonamides is 1. The molecule has 0 atom stereocenters. The van der Waals surface area contributed by atoms with Crippen LogP contribution in [0.25, 0.3) is 21.9 Å². The first-order valence-electron chi connectivity index (χ1n) is 8.58. The minimum Gasteiger partial charge on any atom is -0.451 e. The largest absolute Gasteiger partial charge is 0.451 e. The highest BCUT2D eigenvalue weighted by Gasteiger charge is 2.24. The number of pyridine rings is 1. The molecule has 0 aliphatic heterocycles. The second-order valence-corrected chi connectivity index (χ2v) is 8.66. The Morgan fingerprint density at radius 2 is 1.83 bits per heavy atom. The lowest BCUT2D eigenvalue weighted by atomic mass is 10.2. The van der Waals surface area contributed by atoms with Gasteiger partial charge >= 0.3 is 5.91 Å². The molecule has 2 heterocycles. The number of hydrogen-bond acceptors (Lipinski definition) is 6. The van der Waals surface area contributed by atoms with Crippen LogP contribution in [0.2, 0.25) is 5.15 Å². The molecule has 0 saturated heterocycles. The number of carbonyl (C=O) groups is 1. The molecule has 7 nitrogen and oxygen atoms in total. The van der Waals surface area contributed by atoms with Crippen LogP contribution >= 0.6 is 11.6 Å². The molecular weight excluding hydrogens is 414 g/mol. The quantitative estimate of drug-likeness (QED) is 0.496. The molecule has 4 rings (SSSR count). The van der Waals surface area contributed by atoms with Crippen molar-refractivity contribution in [3.8, 4) is 0 Å². The third-order valence-electron chi connectivity index (χ3n) is 4.41. The van der Waals surface area contributed by atoms with Crippen LogP contribution in [-0.2, 0) is 10.0 Å². The van der Waals surface area contributed by atoms with Crippen LogP contribution in [-0.4, -0.2) is 33.4 Å². The van der Waals surface area contributed by atoms with Gasteiger partial charge in [0.15, 0.2) is 5.76 Å². The number of amides is 1. The molecular formula is C20H16ClN3O4S. The average molecular weight is 430 g/mol. The van der Waals surface area contributed by atoms with Crippen LogP contribution in [0.1, 0.15) is 10.6 Å². The van der Waals surface area contributed by atoms with Crippen LogP contribution in [0.3, 0.4) is 0 Å². The van der Waals surface area contributed by atoms with Gasteiger partial charge in [-0.05, 0) is 36.4 Å². The average Bonchev–Trinajstić information content (AvgIpc) is 3.10. The fraction of sp³-hybridized carbons (Fsp3) is 0.100. The first-order valence-corrected chi connectivity index (χ1v) is 10.4. The summed E-state index contributed by atoms with van der Waals surface area (Å²) in [6.07, 6.45) is 0. The number of rotatable bonds is 4. The van der Waals surface area contributed by atoms with E-state index in [1.165, 1.54) is 12.1 Å². The second-order valence-electron chi connectivity index (χ2n) is 6.62. The van der Waals surface area contributed by atoms with Gasteiger partial charge in [0.2, 0.25) is 0 Å². The number of carbonyl (C=O) groups excluding carboxylic acids is 1. The molecule has 0 fully saturated rings. The predicted molar refractivity (Wildman–Crippen MR) is 112 cm³/mol. The van der Waals surface area contributed by atoms with Crippen molar-refractivity contribution in [2.24, 2.45) is 0 Å². The van der Waals surface area contributed by atoms with E-state index in [1.807, 2.05) is 29.8 Å². The maximum atomic E-state index is 12.8. The van der Waals surface area contributed by atoms with Crippen LogP contribution in [0.15, 0.2) is 63.9 Å². The van der Waals surface area contributed by atoms with Crippen molar-refractivity contribution in [1.29, 1.82) is 0 Å². The van der Waals surface area contributed by atoms with Crippen molar-refractivity contribution in [2.75, 3.05) is 19.0 Å². The maximum absolute atomic E-state index is 12.8. The van der Waals surface area contributed by atoms with E-state index in [9.17, 15) is 13.2 Å². The lowest BCUT2D eigenvalue weighted by molar-refractivity contribution is 0.0956. The fourth-order valence-electron chi connectivity index (χ4n) is 2.95. The van der Waals surface area contributed by atoms with Gasteiger partial charge in [-0.3, -0.25) is 4.79 Å². The summed E-state index contributed by atoms with van der Waals surface area (Å²) < 4.78 is 33.3. The first-order chi connectivity index (χ1) is 13.7. The Labute approximate surface area is 171 Å². The van der Waals surface area contributed by atoms with Gasteiger partial charge in [-0.15, -0.1) is 0 Å². The fourth-order valence-corrected chi connectivity index (χ4v) is 4.23. The van der Waals surface area contributed by atoms with Crippen LogP contribution in [0.5, 0.6) is 0 Å². The third-order valence-corrected chi connectivity index (χ3v) is 5.98. The van der Waals surface area contributed by atoms with Gasteiger partial charge in [-0.2, -0.15) is 0 Å². The van der Waals surface area contributed by atoms with Crippen molar-refractivity contribution >= 4 is 55.1 Å². The Hall–Kier alpha value is -3.10. The Bertz CT molecular complexity index is 1360.